The second-order valence-electron chi connectivity index (χ2n) is 5.55. The molecule has 0 aliphatic heterocycles. The topological polar surface area (TPSA) is 60.8 Å². The summed E-state index contributed by atoms with van der Waals surface area (Å²) in [6.07, 6.45) is -0.640. The number of carbonyl (C=O) groups excluding carboxylic acids is 1. The van der Waals surface area contributed by atoms with E-state index >= 15 is 0 Å². The van der Waals surface area contributed by atoms with Crippen LogP contribution in [0.25, 0.3) is 0 Å². The van der Waals surface area contributed by atoms with Crippen molar-refractivity contribution < 1.29 is 15.0 Å². The average Bonchev–Trinajstić information content (AvgIpc) is 2.35. The van der Waals surface area contributed by atoms with Gasteiger partial charge in [-0.2, -0.15) is 0 Å². The maximum absolute atomic E-state index is 12.6. The maximum Gasteiger partial charge on any atom is 0.254 e. The van der Waals surface area contributed by atoms with Gasteiger partial charge in [0.1, 0.15) is 0 Å². The third-order valence-electron chi connectivity index (χ3n) is 3.19. The summed E-state index contributed by atoms with van der Waals surface area (Å²) in [4.78, 5) is 14.1. The smallest absolute Gasteiger partial charge is 0.254 e. The van der Waals surface area contributed by atoms with Crippen LogP contribution in [0.1, 0.15) is 36.7 Å². The van der Waals surface area contributed by atoms with Crippen molar-refractivity contribution in [2.24, 2.45) is 0 Å². The molecule has 0 saturated carbocycles. The van der Waals surface area contributed by atoms with Crippen molar-refractivity contribution in [1.29, 1.82) is 0 Å². The van der Waals surface area contributed by atoms with Crippen molar-refractivity contribution >= 4 is 5.91 Å². The van der Waals surface area contributed by atoms with Gasteiger partial charge >= 0.3 is 0 Å². The number of rotatable bonds is 5. The molecule has 0 aliphatic carbocycles. The van der Waals surface area contributed by atoms with E-state index in [2.05, 4.69) is 0 Å². The van der Waals surface area contributed by atoms with Crippen molar-refractivity contribution in [3.63, 3.8) is 0 Å². The Morgan fingerprint density at radius 1 is 1.37 bits per heavy atom. The quantitative estimate of drug-likeness (QED) is 0.850. The van der Waals surface area contributed by atoms with Gasteiger partial charge in [0.25, 0.3) is 5.91 Å². The summed E-state index contributed by atoms with van der Waals surface area (Å²) >= 11 is 0. The van der Waals surface area contributed by atoms with Crippen molar-refractivity contribution in [3.8, 4) is 0 Å². The van der Waals surface area contributed by atoms with Crippen LogP contribution in [-0.2, 0) is 0 Å². The Kier molecular flexibility index (Phi) is 5.09. The molecule has 0 heterocycles. The van der Waals surface area contributed by atoms with Gasteiger partial charge in [0.15, 0.2) is 0 Å². The fraction of sp³-hybridized carbons (Fsp3) is 0.533. The van der Waals surface area contributed by atoms with Crippen LogP contribution in [0.2, 0.25) is 0 Å². The minimum Gasteiger partial charge on any atom is -0.394 e. The zero-order valence-electron chi connectivity index (χ0n) is 12.1. The van der Waals surface area contributed by atoms with E-state index in [9.17, 15) is 15.0 Å². The Morgan fingerprint density at radius 3 is 2.42 bits per heavy atom. The molecule has 0 bridgehead atoms. The summed E-state index contributed by atoms with van der Waals surface area (Å²) in [7, 11) is 0. The first kappa shape index (κ1) is 15.7. The van der Waals surface area contributed by atoms with Crippen LogP contribution in [-0.4, -0.2) is 45.8 Å². The van der Waals surface area contributed by atoms with Crippen molar-refractivity contribution in [2.75, 3.05) is 13.2 Å². The van der Waals surface area contributed by atoms with Crippen LogP contribution in [0.4, 0.5) is 0 Å². The minimum atomic E-state index is -0.712. The summed E-state index contributed by atoms with van der Waals surface area (Å²) in [5.41, 5.74) is 0.776. The zero-order valence-corrected chi connectivity index (χ0v) is 12.1. The molecule has 0 aliphatic rings. The van der Waals surface area contributed by atoms with Gasteiger partial charge < -0.3 is 15.1 Å². The number of aliphatic hydroxyl groups is 2. The molecule has 1 aromatic carbocycles. The van der Waals surface area contributed by atoms with Gasteiger partial charge in [0.05, 0.1) is 18.2 Å². The van der Waals surface area contributed by atoms with E-state index in [1.54, 1.807) is 26.8 Å². The lowest BCUT2D eigenvalue weighted by molar-refractivity contribution is 0.0193. The Morgan fingerprint density at radius 2 is 1.95 bits per heavy atom. The van der Waals surface area contributed by atoms with E-state index in [-0.39, 0.29) is 19.1 Å². The predicted octanol–water partition coefficient (Wildman–Crippen LogP) is 1.59. The molecule has 0 spiro atoms. The number of amides is 1. The Bertz CT molecular complexity index is 441. The number of carbonyl (C=O) groups is 1. The zero-order chi connectivity index (χ0) is 14.6. The molecule has 0 radical (unpaired) electrons. The molecule has 0 saturated heterocycles. The first-order valence-electron chi connectivity index (χ1n) is 6.46. The number of aryl methyl sites for hydroxylation is 1. The van der Waals surface area contributed by atoms with Crippen LogP contribution in [0.15, 0.2) is 24.3 Å². The highest BCUT2D eigenvalue weighted by atomic mass is 16.3. The average molecular weight is 265 g/mol. The minimum absolute atomic E-state index is 0.155. The molecule has 4 nitrogen and oxygen atoms in total. The second kappa shape index (κ2) is 6.17. The lowest BCUT2D eigenvalue weighted by atomic mass is 10.00. The third kappa shape index (κ3) is 3.78. The Labute approximate surface area is 114 Å². The molecule has 4 heteroatoms. The van der Waals surface area contributed by atoms with Gasteiger partial charge in [-0.1, -0.05) is 18.2 Å². The first-order chi connectivity index (χ1) is 8.79. The normalized spacial score (nSPS) is 13.2. The summed E-state index contributed by atoms with van der Waals surface area (Å²) in [5, 5.41) is 19.0. The van der Waals surface area contributed by atoms with Gasteiger partial charge in [-0.25, -0.2) is 0 Å². The molecule has 1 amide bonds. The standard InChI is InChI=1S/C15H23NO3/c1-11-7-5-6-8-13(11)14(19)16(9-12(2)18)15(3,4)10-17/h5-8,12,17-18H,9-10H2,1-4H3. The predicted molar refractivity (Wildman–Crippen MR) is 75.1 cm³/mol. The molecule has 2 N–H and O–H groups in total. The van der Waals surface area contributed by atoms with E-state index in [4.69, 9.17) is 0 Å². The number of aliphatic hydroxyl groups excluding tert-OH is 2. The van der Waals surface area contributed by atoms with Gasteiger partial charge in [0, 0.05) is 12.1 Å². The van der Waals surface area contributed by atoms with E-state index in [0.717, 1.165) is 5.56 Å². The highest BCUT2D eigenvalue weighted by Crippen LogP contribution is 2.20. The summed E-state index contributed by atoms with van der Waals surface area (Å²) in [5.74, 6) is -0.168. The van der Waals surface area contributed by atoms with Gasteiger partial charge in [-0.05, 0) is 39.3 Å². The molecule has 1 aromatic rings. The summed E-state index contributed by atoms with van der Waals surface area (Å²) < 4.78 is 0. The third-order valence-corrected chi connectivity index (χ3v) is 3.19. The number of β-amino-alcohol motifs (C(OH)–C–C–N with tert-alkyl or cyclic N) is 1. The van der Waals surface area contributed by atoms with Crippen molar-refractivity contribution in [1.82, 2.24) is 4.90 Å². The lowest BCUT2D eigenvalue weighted by Gasteiger charge is -2.38. The molecule has 1 rings (SSSR count). The highest BCUT2D eigenvalue weighted by Gasteiger charge is 2.32. The molecule has 0 aromatic heterocycles. The first-order valence-corrected chi connectivity index (χ1v) is 6.46. The fourth-order valence-corrected chi connectivity index (χ4v) is 1.91. The van der Waals surface area contributed by atoms with Crippen LogP contribution in [0.3, 0.4) is 0 Å². The van der Waals surface area contributed by atoms with Crippen molar-refractivity contribution in [2.45, 2.75) is 39.3 Å². The van der Waals surface area contributed by atoms with Crippen molar-refractivity contribution in [3.05, 3.63) is 35.4 Å². The summed E-state index contributed by atoms with van der Waals surface area (Å²) in [6, 6.07) is 7.33. The maximum atomic E-state index is 12.6. The molecule has 1 atom stereocenters. The number of hydrogen-bond donors (Lipinski definition) is 2. The van der Waals surface area contributed by atoms with Crippen LogP contribution >= 0.6 is 0 Å². The number of hydrogen-bond acceptors (Lipinski definition) is 3. The van der Waals surface area contributed by atoms with Gasteiger partial charge in [-0.3, -0.25) is 4.79 Å². The lowest BCUT2D eigenvalue weighted by Crippen LogP contribution is -2.52. The van der Waals surface area contributed by atoms with E-state index in [1.807, 2.05) is 25.1 Å². The molecular formula is C15H23NO3. The number of benzene rings is 1. The van der Waals surface area contributed by atoms with Crippen LogP contribution in [0.5, 0.6) is 0 Å². The molecule has 0 fully saturated rings. The van der Waals surface area contributed by atoms with Crippen LogP contribution in [0, 0.1) is 6.92 Å². The Hall–Kier alpha value is -1.39. The van der Waals surface area contributed by atoms with E-state index in [1.165, 1.54) is 4.90 Å². The highest BCUT2D eigenvalue weighted by molar-refractivity contribution is 5.96. The monoisotopic (exact) mass is 265 g/mol. The second-order valence-corrected chi connectivity index (χ2v) is 5.55. The molecule has 19 heavy (non-hydrogen) atoms. The molecule has 1 unspecified atom stereocenters. The fourth-order valence-electron chi connectivity index (χ4n) is 1.91. The Balaban J connectivity index is 3.12. The van der Waals surface area contributed by atoms with Crippen LogP contribution < -0.4 is 0 Å². The van der Waals surface area contributed by atoms with E-state index in [0.29, 0.717) is 5.56 Å². The molecular weight excluding hydrogens is 242 g/mol. The van der Waals surface area contributed by atoms with E-state index < -0.39 is 11.6 Å². The largest absolute Gasteiger partial charge is 0.394 e. The summed E-state index contributed by atoms with van der Waals surface area (Å²) in [6.45, 7) is 7.11. The SMILES string of the molecule is Cc1ccccc1C(=O)N(CC(C)O)C(C)(C)CO. The number of nitrogens with zero attached hydrogens (tertiary/aromatic N) is 1. The van der Waals surface area contributed by atoms with Gasteiger partial charge in [-0.15, -0.1) is 0 Å². The molecule has 106 valence electrons. The van der Waals surface area contributed by atoms with Gasteiger partial charge in [0.2, 0.25) is 0 Å².